The summed E-state index contributed by atoms with van der Waals surface area (Å²) in [4.78, 5) is 0.0283. The molecule has 0 fully saturated rings. The largest absolute Gasteiger partial charge is 0.396 e. The lowest BCUT2D eigenvalue weighted by atomic mass is 10.3. The van der Waals surface area contributed by atoms with Crippen LogP contribution >= 0.6 is 15.9 Å². The number of hydrogen-bond acceptors (Lipinski definition) is 3. The second-order valence-corrected chi connectivity index (χ2v) is 7.07. The molecular formula is C12H17BrFNO3S. The van der Waals surface area contributed by atoms with Crippen molar-refractivity contribution in [3.63, 3.8) is 0 Å². The first-order chi connectivity index (χ1) is 8.80. The normalized spacial score (nSPS) is 12.4. The minimum Gasteiger partial charge on any atom is -0.396 e. The number of sulfonamides is 1. The number of aliphatic hydroxyl groups is 1. The number of aliphatic hydroxyl groups excluding tert-OH is 1. The summed E-state index contributed by atoms with van der Waals surface area (Å²) in [5.41, 5.74) is 0. The lowest BCUT2D eigenvalue weighted by molar-refractivity contribution is 0.258. The van der Waals surface area contributed by atoms with Crippen molar-refractivity contribution < 1.29 is 17.9 Å². The quantitative estimate of drug-likeness (QED) is 0.853. The van der Waals surface area contributed by atoms with Gasteiger partial charge in [0, 0.05) is 23.7 Å². The number of hydrogen-bond donors (Lipinski definition) is 1. The molecule has 4 nitrogen and oxygen atoms in total. The van der Waals surface area contributed by atoms with E-state index in [1.807, 2.05) is 0 Å². The molecule has 1 rings (SSSR count). The minimum atomic E-state index is -3.71. The molecule has 0 aliphatic rings. The average molecular weight is 354 g/mol. The van der Waals surface area contributed by atoms with Gasteiger partial charge in [0.05, 0.1) is 4.90 Å². The maximum absolute atomic E-state index is 13.0. The zero-order valence-electron chi connectivity index (χ0n) is 10.8. The van der Waals surface area contributed by atoms with E-state index in [-0.39, 0.29) is 28.6 Å². The highest BCUT2D eigenvalue weighted by molar-refractivity contribution is 9.10. The Bertz CT molecular complexity index is 534. The Hall–Kier alpha value is -0.500. The monoisotopic (exact) mass is 353 g/mol. The summed E-state index contributed by atoms with van der Waals surface area (Å²) in [6.45, 7) is 3.66. The Balaban J connectivity index is 3.19. The first-order valence-electron chi connectivity index (χ1n) is 5.88. The average Bonchev–Trinajstić information content (AvgIpc) is 2.27. The predicted octanol–water partition coefficient (Wildman–Crippen LogP) is 2.37. The summed E-state index contributed by atoms with van der Waals surface area (Å²) in [7, 11) is -3.71. The molecule has 0 saturated carbocycles. The van der Waals surface area contributed by atoms with Gasteiger partial charge in [-0.15, -0.1) is 0 Å². The Kier molecular flexibility index (Phi) is 5.91. The van der Waals surface area contributed by atoms with Crippen molar-refractivity contribution in [3.8, 4) is 0 Å². The van der Waals surface area contributed by atoms with Gasteiger partial charge in [-0.2, -0.15) is 4.31 Å². The van der Waals surface area contributed by atoms with Crippen LogP contribution in [0, 0.1) is 5.82 Å². The van der Waals surface area contributed by atoms with E-state index in [0.29, 0.717) is 6.42 Å². The molecule has 0 bridgehead atoms. The van der Waals surface area contributed by atoms with Gasteiger partial charge in [-0.05, 0) is 54.4 Å². The van der Waals surface area contributed by atoms with Crippen molar-refractivity contribution in [2.75, 3.05) is 13.2 Å². The van der Waals surface area contributed by atoms with Crippen molar-refractivity contribution in [2.45, 2.75) is 31.2 Å². The maximum atomic E-state index is 13.0. The molecule has 0 saturated heterocycles. The SMILES string of the molecule is CC(C)N(CCCO)S(=O)(=O)c1ccc(F)cc1Br. The van der Waals surface area contributed by atoms with E-state index in [0.717, 1.165) is 12.1 Å². The van der Waals surface area contributed by atoms with E-state index in [1.54, 1.807) is 13.8 Å². The highest BCUT2D eigenvalue weighted by Crippen LogP contribution is 2.27. The molecule has 0 unspecified atom stereocenters. The van der Waals surface area contributed by atoms with Crippen LogP contribution in [0.5, 0.6) is 0 Å². The Labute approximate surface area is 121 Å². The van der Waals surface area contributed by atoms with Crippen LogP contribution in [0.15, 0.2) is 27.6 Å². The summed E-state index contributed by atoms with van der Waals surface area (Å²) in [5, 5.41) is 8.84. The van der Waals surface area contributed by atoms with Gasteiger partial charge in [0.2, 0.25) is 10.0 Å². The van der Waals surface area contributed by atoms with Gasteiger partial charge in [-0.25, -0.2) is 12.8 Å². The molecule has 0 aliphatic heterocycles. The van der Waals surface area contributed by atoms with Crippen molar-refractivity contribution in [3.05, 3.63) is 28.5 Å². The fraction of sp³-hybridized carbons (Fsp3) is 0.500. The molecule has 1 aromatic carbocycles. The van der Waals surface area contributed by atoms with Crippen LogP contribution in [-0.4, -0.2) is 37.0 Å². The molecule has 0 spiro atoms. The smallest absolute Gasteiger partial charge is 0.244 e. The van der Waals surface area contributed by atoms with Crippen molar-refractivity contribution in [1.82, 2.24) is 4.31 Å². The van der Waals surface area contributed by atoms with Crippen LogP contribution < -0.4 is 0 Å². The maximum Gasteiger partial charge on any atom is 0.244 e. The van der Waals surface area contributed by atoms with Gasteiger partial charge in [-0.1, -0.05) is 0 Å². The van der Waals surface area contributed by atoms with Gasteiger partial charge in [0.15, 0.2) is 0 Å². The predicted molar refractivity (Wildman–Crippen MR) is 74.8 cm³/mol. The second-order valence-electron chi connectivity index (χ2n) is 4.36. The molecule has 0 amide bonds. The number of rotatable bonds is 6. The van der Waals surface area contributed by atoms with Crippen LogP contribution in [0.2, 0.25) is 0 Å². The van der Waals surface area contributed by atoms with E-state index >= 15 is 0 Å². The highest BCUT2D eigenvalue weighted by atomic mass is 79.9. The second kappa shape index (κ2) is 6.78. The lowest BCUT2D eigenvalue weighted by Crippen LogP contribution is -2.38. The lowest BCUT2D eigenvalue weighted by Gasteiger charge is -2.26. The Morgan fingerprint density at radius 3 is 2.53 bits per heavy atom. The summed E-state index contributed by atoms with van der Waals surface area (Å²) >= 11 is 3.07. The Morgan fingerprint density at radius 1 is 1.42 bits per heavy atom. The van der Waals surface area contributed by atoms with E-state index in [9.17, 15) is 12.8 Å². The first kappa shape index (κ1) is 16.6. The van der Waals surface area contributed by atoms with Gasteiger partial charge in [-0.3, -0.25) is 0 Å². The summed E-state index contributed by atoms with van der Waals surface area (Å²) in [5.74, 6) is -0.503. The molecular weight excluding hydrogens is 337 g/mol. The van der Waals surface area contributed by atoms with Crippen molar-refractivity contribution in [1.29, 1.82) is 0 Å². The van der Waals surface area contributed by atoms with Gasteiger partial charge < -0.3 is 5.11 Å². The molecule has 0 heterocycles. The molecule has 19 heavy (non-hydrogen) atoms. The first-order valence-corrected chi connectivity index (χ1v) is 8.11. The van der Waals surface area contributed by atoms with Crippen molar-refractivity contribution >= 4 is 26.0 Å². The van der Waals surface area contributed by atoms with E-state index in [4.69, 9.17) is 5.11 Å². The van der Waals surface area contributed by atoms with Crippen LogP contribution in [0.3, 0.4) is 0 Å². The van der Waals surface area contributed by atoms with Crippen LogP contribution in [0.4, 0.5) is 4.39 Å². The van der Waals surface area contributed by atoms with Crippen LogP contribution in [0.1, 0.15) is 20.3 Å². The van der Waals surface area contributed by atoms with Crippen molar-refractivity contribution in [2.24, 2.45) is 0 Å². The molecule has 1 N–H and O–H groups in total. The number of halogens is 2. The number of nitrogens with zero attached hydrogens (tertiary/aromatic N) is 1. The standard InChI is InChI=1S/C12H17BrFNO3S/c1-9(2)15(6-3-7-16)19(17,18)12-5-4-10(14)8-11(12)13/h4-5,8-9,16H,3,6-7H2,1-2H3. The summed E-state index contributed by atoms with van der Waals surface area (Å²) in [6.07, 6.45) is 0.357. The molecule has 0 radical (unpaired) electrons. The zero-order chi connectivity index (χ0) is 14.6. The molecule has 0 aromatic heterocycles. The molecule has 7 heteroatoms. The topological polar surface area (TPSA) is 57.6 Å². The molecule has 0 aliphatic carbocycles. The fourth-order valence-electron chi connectivity index (χ4n) is 1.69. The van der Waals surface area contributed by atoms with Gasteiger partial charge in [0.1, 0.15) is 5.82 Å². The van der Waals surface area contributed by atoms with Crippen LogP contribution in [-0.2, 0) is 10.0 Å². The van der Waals surface area contributed by atoms with Gasteiger partial charge in [0.25, 0.3) is 0 Å². The minimum absolute atomic E-state index is 0.0283. The third kappa shape index (κ3) is 3.98. The van der Waals surface area contributed by atoms with E-state index in [2.05, 4.69) is 15.9 Å². The Morgan fingerprint density at radius 2 is 2.05 bits per heavy atom. The highest BCUT2D eigenvalue weighted by Gasteiger charge is 2.28. The van der Waals surface area contributed by atoms with Gasteiger partial charge >= 0.3 is 0 Å². The zero-order valence-corrected chi connectivity index (χ0v) is 13.2. The van der Waals surface area contributed by atoms with Crippen LogP contribution in [0.25, 0.3) is 0 Å². The third-order valence-electron chi connectivity index (χ3n) is 2.59. The molecule has 0 atom stereocenters. The fourth-order valence-corrected chi connectivity index (χ4v) is 4.38. The summed E-state index contributed by atoms with van der Waals surface area (Å²) < 4.78 is 39.5. The third-order valence-corrected chi connectivity index (χ3v) is 5.65. The molecule has 108 valence electrons. The van der Waals surface area contributed by atoms with E-state index in [1.165, 1.54) is 10.4 Å². The number of benzene rings is 1. The molecule has 1 aromatic rings. The van der Waals surface area contributed by atoms with E-state index < -0.39 is 15.8 Å². The summed E-state index contributed by atoms with van der Waals surface area (Å²) in [6, 6.07) is 3.23.